The van der Waals surface area contributed by atoms with Crippen molar-refractivity contribution in [1.29, 1.82) is 0 Å². The van der Waals surface area contributed by atoms with Crippen LogP contribution in [0.25, 0.3) is 0 Å². The first-order valence-electron chi connectivity index (χ1n) is 2.90. The van der Waals surface area contributed by atoms with E-state index in [1.54, 1.807) is 20.4 Å². The normalized spacial score (nSPS) is 8.18. The average molecular weight is 176 g/mol. The van der Waals surface area contributed by atoms with E-state index < -0.39 is 0 Å². The van der Waals surface area contributed by atoms with Gasteiger partial charge in [0.1, 0.15) is 6.33 Å². The quantitative estimate of drug-likeness (QED) is 0.727. The molecule has 0 aliphatic heterocycles. The van der Waals surface area contributed by atoms with Gasteiger partial charge in [0.05, 0.1) is 13.3 Å². The first-order valence-corrected chi connectivity index (χ1v) is 2.90. The second-order valence-electron chi connectivity index (χ2n) is 1.69. The molecule has 5 heteroatoms. The SMILES string of the molecule is CNc1ncncc1OC.Cl. The molecule has 0 radical (unpaired) electrons. The largest absolute Gasteiger partial charge is 0.491 e. The highest BCUT2D eigenvalue weighted by Crippen LogP contribution is 2.16. The minimum absolute atomic E-state index is 0. The Labute approximate surface area is 71.4 Å². The minimum Gasteiger partial charge on any atom is -0.491 e. The summed E-state index contributed by atoms with van der Waals surface area (Å²) in [4.78, 5) is 7.71. The molecular weight excluding hydrogens is 166 g/mol. The van der Waals surface area contributed by atoms with E-state index in [0.717, 1.165) is 0 Å². The topological polar surface area (TPSA) is 47.0 Å². The summed E-state index contributed by atoms with van der Waals surface area (Å²) in [6, 6.07) is 0. The molecule has 0 aliphatic carbocycles. The van der Waals surface area contributed by atoms with Gasteiger partial charge in [-0.15, -0.1) is 12.4 Å². The van der Waals surface area contributed by atoms with E-state index in [-0.39, 0.29) is 12.4 Å². The Bertz CT molecular complexity index is 196. The predicted octanol–water partition coefficient (Wildman–Crippen LogP) is 0.949. The fraction of sp³-hybridized carbons (Fsp3) is 0.333. The number of methoxy groups -OCH3 is 1. The zero-order valence-electron chi connectivity index (χ0n) is 6.37. The van der Waals surface area contributed by atoms with Crippen LogP contribution in [-0.2, 0) is 0 Å². The van der Waals surface area contributed by atoms with Crippen LogP contribution in [0.4, 0.5) is 5.82 Å². The Morgan fingerprint density at radius 2 is 2.27 bits per heavy atom. The van der Waals surface area contributed by atoms with Crippen molar-refractivity contribution in [2.24, 2.45) is 0 Å². The van der Waals surface area contributed by atoms with Crippen molar-refractivity contribution in [3.63, 3.8) is 0 Å². The molecule has 0 amide bonds. The monoisotopic (exact) mass is 175 g/mol. The van der Waals surface area contributed by atoms with Crippen LogP contribution in [0.1, 0.15) is 0 Å². The molecule has 0 spiro atoms. The van der Waals surface area contributed by atoms with Crippen molar-refractivity contribution in [2.75, 3.05) is 19.5 Å². The molecule has 0 saturated carbocycles. The van der Waals surface area contributed by atoms with Crippen molar-refractivity contribution >= 4 is 18.2 Å². The van der Waals surface area contributed by atoms with E-state index in [1.165, 1.54) is 6.33 Å². The van der Waals surface area contributed by atoms with Crippen LogP contribution in [-0.4, -0.2) is 24.1 Å². The molecule has 0 aliphatic rings. The lowest BCUT2D eigenvalue weighted by Gasteiger charge is -2.03. The smallest absolute Gasteiger partial charge is 0.179 e. The number of anilines is 1. The molecule has 1 N–H and O–H groups in total. The maximum Gasteiger partial charge on any atom is 0.179 e. The molecule has 1 aromatic rings. The molecule has 0 bridgehead atoms. The van der Waals surface area contributed by atoms with E-state index >= 15 is 0 Å². The highest BCUT2D eigenvalue weighted by molar-refractivity contribution is 5.85. The summed E-state index contributed by atoms with van der Waals surface area (Å²) >= 11 is 0. The number of ether oxygens (including phenoxy) is 1. The van der Waals surface area contributed by atoms with Crippen LogP contribution in [0.3, 0.4) is 0 Å². The van der Waals surface area contributed by atoms with E-state index in [1.807, 2.05) is 0 Å². The predicted molar refractivity (Wildman–Crippen MR) is 45.4 cm³/mol. The second-order valence-corrected chi connectivity index (χ2v) is 1.69. The Morgan fingerprint density at radius 3 is 2.73 bits per heavy atom. The molecule has 62 valence electrons. The van der Waals surface area contributed by atoms with Gasteiger partial charge in [0, 0.05) is 7.05 Å². The van der Waals surface area contributed by atoms with Crippen LogP contribution in [0.5, 0.6) is 5.75 Å². The fourth-order valence-corrected chi connectivity index (χ4v) is 0.654. The molecule has 0 unspecified atom stereocenters. The Hall–Kier alpha value is -1.03. The van der Waals surface area contributed by atoms with Crippen molar-refractivity contribution in [1.82, 2.24) is 9.97 Å². The summed E-state index contributed by atoms with van der Waals surface area (Å²) in [5, 5.41) is 2.87. The van der Waals surface area contributed by atoms with Gasteiger partial charge >= 0.3 is 0 Å². The number of halogens is 1. The summed E-state index contributed by atoms with van der Waals surface area (Å²) < 4.78 is 4.95. The summed E-state index contributed by atoms with van der Waals surface area (Å²) in [6.07, 6.45) is 3.08. The van der Waals surface area contributed by atoms with Gasteiger partial charge in [-0.3, -0.25) is 0 Å². The zero-order chi connectivity index (χ0) is 7.40. The van der Waals surface area contributed by atoms with Gasteiger partial charge < -0.3 is 10.1 Å². The summed E-state index contributed by atoms with van der Waals surface area (Å²) in [6.45, 7) is 0. The van der Waals surface area contributed by atoms with Gasteiger partial charge in [-0.25, -0.2) is 9.97 Å². The van der Waals surface area contributed by atoms with Gasteiger partial charge in [-0.1, -0.05) is 0 Å². The van der Waals surface area contributed by atoms with Gasteiger partial charge in [0.25, 0.3) is 0 Å². The van der Waals surface area contributed by atoms with Crippen LogP contribution in [0, 0.1) is 0 Å². The zero-order valence-corrected chi connectivity index (χ0v) is 7.18. The Morgan fingerprint density at radius 1 is 1.55 bits per heavy atom. The molecule has 11 heavy (non-hydrogen) atoms. The molecule has 1 rings (SSSR count). The first kappa shape index (κ1) is 9.97. The van der Waals surface area contributed by atoms with Gasteiger partial charge in [0.15, 0.2) is 11.6 Å². The molecule has 4 nitrogen and oxygen atoms in total. The molecule has 0 saturated heterocycles. The highest BCUT2D eigenvalue weighted by Gasteiger charge is 1.98. The summed E-state index contributed by atoms with van der Waals surface area (Å²) in [7, 11) is 3.37. The van der Waals surface area contributed by atoms with Crippen molar-refractivity contribution in [3.8, 4) is 5.75 Å². The van der Waals surface area contributed by atoms with E-state index in [4.69, 9.17) is 4.74 Å². The Balaban J connectivity index is 0.000001000. The highest BCUT2D eigenvalue weighted by atomic mass is 35.5. The number of nitrogens with one attached hydrogen (secondary N) is 1. The lowest BCUT2D eigenvalue weighted by atomic mass is 10.5. The van der Waals surface area contributed by atoms with E-state index in [0.29, 0.717) is 11.6 Å². The number of hydrogen-bond acceptors (Lipinski definition) is 4. The van der Waals surface area contributed by atoms with Crippen molar-refractivity contribution in [2.45, 2.75) is 0 Å². The van der Waals surface area contributed by atoms with Crippen LogP contribution in [0.2, 0.25) is 0 Å². The van der Waals surface area contributed by atoms with Gasteiger partial charge in [-0.05, 0) is 0 Å². The fourth-order valence-electron chi connectivity index (χ4n) is 0.654. The van der Waals surface area contributed by atoms with Crippen LogP contribution >= 0.6 is 12.4 Å². The van der Waals surface area contributed by atoms with Gasteiger partial charge in [-0.2, -0.15) is 0 Å². The average Bonchev–Trinajstić information content (AvgIpc) is 2.04. The Kier molecular flexibility index (Phi) is 4.29. The minimum atomic E-state index is 0. The van der Waals surface area contributed by atoms with E-state index in [9.17, 15) is 0 Å². The maximum atomic E-state index is 4.95. The van der Waals surface area contributed by atoms with Crippen LogP contribution in [0.15, 0.2) is 12.5 Å². The summed E-state index contributed by atoms with van der Waals surface area (Å²) in [5.74, 6) is 1.36. The lowest BCUT2D eigenvalue weighted by molar-refractivity contribution is 0.413. The third-order valence-corrected chi connectivity index (χ3v) is 1.14. The van der Waals surface area contributed by atoms with Crippen molar-refractivity contribution < 1.29 is 4.74 Å². The molecule has 0 atom stereocenters. The maximum absolute atomic E-state index is 4.95. The molecule has 1 aromatic heterocycles. The van der Waals surface area contributed by atoms with Crippen LogP contribution < -0.4 is 10.1 Å². The molecule has 0 aromatic carbocycles. The number of rotatable bonds is 2. The lowest BCUT2D eigenvalue weighted by Crippen LogP contribution is -1.96. The molecule has 1 heterocycles. The second kappa shape index (κ2) is 4.73. The number of nitrogens with zero attached hydrogens (tertiary/aromatic N) is 2. The molecule has 0 fully saturated rings. The number of hydrogen-bond donors (Lipinski definition) is 1. The van der Waals surface area contributed by atoms with E-state index in [2.05, 4.69) is 15.3 Å². The molecular formula is C6H10ClN3O. The standard InChI is InChI=1S/C6H9N3O.ClH/c1-7-6-5(10-2)3-8-4-9-6;/h3-4H,1-2H3,(H,7,8,9);1H. The first-order chi connectivity index (χ1) is 4.88. The third kappa shape index (κ3) is 2.23. The third-order valence-electron chi connectivity index (χ3n) is 1.14. The summed E-state index contributed by atoms with van der Waals surface area (Å²) in [5.41, 5.74) is 0. The van der Waals surface area contributed by atoms with Gasteiger partial charge in [0.2, 0.25) is 0 Å². The van der Waals surface area contributed by atoms with Crippen molar-refractivity contribution in [3.05, 3.63) is 12.5 Å². The number of aromatic nitrogens is 2.